The lowest BCUT2D eigenvalue weighted by Gasteiger charge is -1.96. The molecule has 1 N–H and O–H groups in total. The highest BCUT2D eigenvalue weighted by molar-refractivity contribution is 5.82. The average Bonchev–Trinajstić information content (AvgIpc) is 2.17. The second-order valence-corrected chi connectivity index (χ2v) is 2.83. The summed E-state index contributed by atoms with van der Waals surface area (Å²) in [6, 6.07) is 8.07. The fourth-order valence-corrected chi connectivity index (χ4v) is 1.30. The van der Waals surface area contributed by atoms with Crippen LogP contribution in [0.1, 0.15) is 0 Å². The topological polar surface area (TPSA) is 76.0 Å². The Hall–Kier alpha value is -2.17. The lowest BCUT2D eigenvalue weighted by Crippen LogP contribution is -2.08. The summed E-state index contributed by atoms with van der Waals surface area (Å²) in [5, 5.41) is 11.5. The first kappa shape index (κ1) is 8.43. The van der Waals surface area contributed by atoms with E-state index >= 15 is 0 Å². The smallest absolute Gasteiger partial charge is 0.339 e. The number of nitro groups is 1. The summed E-state index contributed by atoms with van der Waals surface area (Å²) in [5.74, 6) is -0.284. The standard InChI is InChI=1S/C9H6N2O3/c12-9-7-4-2-1-3-6(7)5-8(10-9)11(13)14/h1-5H,(H,10,12). The Balaban J connectivity index is 2.86. The Morgan fingerprint density at radius 3 is 2.71 bits per heavy atom. The molecule has 70 valence electrons. The maximum Gasteiger partial charge on any atom is 0.339 e. The molecule has 1 heterocycles. The number of aromatic nitrogens is 1. The highest BCUT2D eigenvalue weighted by Gasteiger charge is 2.08. The van der Waals surface area contributed by atoms with Crippen LogP contribution in [0.4, 0.5) is 5.82 Å². The molecule has 5 nitrogen and oxygen atoms in total. The van der Waals surface area contributed by atoms with Gasteiger partial charge >= 0.3 is 11.4 Å². The van der Waals surface area contributed by atoms with E-state index in [1.54, 1.807) is 24.3 Å². The van der Waals surface area contributed by atoms with E-state index in [-0.39, 0.29) is 5.82 Å². The maximum absolute atomic E-state index is 11.3. The SMILES string of the molecule is O=c1[nH]c([N+](=O)[O-])cc2ccccc12. The highest BCUT2D eigenvalue weighted by Crippen LogP contribution is 2.13. The molecule has 2 rings (SSSR count). The van der Waals surface area contributed by atoms with Gasteiger partial charge in [-0.25, -0.2) is 9.78 Å². The minimum Gasteiger partial charge on any atom is -0.358 e. The van der Waals surface area contributed by atoms with Crippen LogP contribution in [0.3, 0.4) is 0 Å². The molecule has 2 aromatic rings. The summed E-state index contributed by atoms with van der Waals surface area (Å²) in [4.78, 5) is 23.4. The Kier molecular flexibility index (Phi) is 1.78. The van der Waals surface area contributed by atoms with Gasteiger partial charge < -0.3 is 10.1 Å². The lowest BCUT2D eigenvalue weighted by molar-refractivity contribution is -0.389. The van der Waals surface area contributed by atoms with Gasteiger partial charge in [0.25, 0.3) is 0 Å². The van der Waals surface area contributed by atoms with Gasteiger partial charge in [0.2, 0.25) is 0 Å². The van der Waals surface area contributed by atoms with Gasteiger partial charge in [-0.15, -0.1) is 0 Å². The monoisotopic (exact) mass is 190 g/mol. The van der Waals surface area contributed by atoms with Crippen LogP contribution in [0.2, 0.25) is 0 Å². The molecule has 0 spiro atoms. The predicted octanol–water partition coefficient (Wildman–Crippen LogP) is 1.44. The predicted molar refractivity (Wildman–Crippen MR) is 51.2 cm³/mol. The second-order valence-electron chi connectivity index (χ2n) is 2.83. The van der Waals surface area contributed by atoms with Crippen molar-refractivity contribution in [2.45, 2.75) is 0 Å². The van der Waals surface area contributed by atoms with Crippen molar-refractivity contribution in [2.75, 3.05) is 0 Å². The summed E-state index contributed by atoms with van der Waals surface area (Å²) in [5.41, 5.74) is -0.435. The average molecular weight is 190 g/mol. The summed E-state index contributed by atoms with van der Waals surface area (Å²) in [6.07, 6.45) is 0. The van der Waals surface area contributed by atoms with Gasteiger partial charge in [-0.2, -0.15) is 0 Å². The Morgan fingerprint density at radius 1 is 1.29 bits per heavy atom. The second kappa shape index (κ2) is 2.95. The highest BCUT2D eigenvalue weighted by atomic mass is 16.6. The zero-order valence-corrected chi connectivity index (χ0v) is 7.06. The van der Waals surface area contributed by atoms with E-state index in [0.29, 0.717) is 10.8 Å². The Morgan fingerprint density at radius 2 is 2.00 bits per heavy atom. The van der Waals surface area contributed by atoms with Crippen molar-refractivity contribution in [2.24, 2.45) is 0 Å². The van der Waals surface area contributed by atoms with E-state index in [1.807, 2.05) is 0 Å². The number of nitrogens with one attached hydrogen (secondary N) is 1. The van der Waals surface area contributed by atoms with Crippen LogP contribution in [0.5, 0.6) is 0 Å². The molecule has 0 aliphatic rings. The van der Waals surface area contributed by atoms with Crippen molar-refractivity contribution in [1.29, 1.82) is 0 Å². The number of aromatic amines is 1. The third-order valence-electron chi connectivity index (χ3n) is 1.94. The minimum atomic E-state index is -0.617. The van der Waals surface area contributed by atoms with Crippen molar-refractivity contribution < 1.29 is 4.92 Å². The molecule has 0 saturated heterocycles. The Bertz CT molecular complexity index is 559. The van der Waals surface area contributed by atoms with Crippen molar-refractivity contribution >= 4 is 16.6 Å². The van der Waals surface area contributed by atoms with Gasteiger partial charge in [-0.3, -0.25) is 0 Å². The number of benzene rings is 1. The molecule has 0 atom stereocenters. The first-order valence-corrected chi connectivity index (χ1v) is 3.95. The fourth-order valence-electron chi connectivity index (χ4n) is 1.30. The number of rotatable bonds is 1. The molecule has 0 aliphatic heterocycles. The fraction of sp³-hybridized carbons (Fsp3) is 0. The van der Waals surface area contributed by atoms with Crippen molar-refractivity contribution in [3.8, 4) is 0 Å². The molecule has 14 heavy (non-hydrogen) atoms. The molecule has 0 fully saturated rings. The molecule has 1 aromatic carbocycles. The number of pyridine rings is 1. The number of H-pyrrole nitrogens is 1. The molecular formula is C9H6N2O3. The molecule has 0 bridgehead atoms. The van der Waals surface area contributed by atoms with Crippen LogP contribution in [-0.2, 0) is 0 Å². The molecule has 1 aromatic heterocycles. The summed E-state index contributed by atoms with van der Waals surface area (Å²) in [6.45, 7) is 0. The lowest BCUT2D eigenvalue weighted by atomic mass is 10.2. The van der Waals surface area contributed by atoms with Crippen molar-refractivity contribution in [1.82, 2.24) is 4.98 Å². The molecule has 0 unspecified atom stereocenters. The first-order valence-electron chi connectivity index (χ1n) is 3.95. The number of fused-ring (bicyclic) bond motifs is 1. The largest absolute Gasteiger partial charge is 0.358 e. The van der Waals surface area contributed by atoms with Gasteiger partial charge in [0.15, 0.2) is 0 Å². The summed E-state index contributed by atoms with van der Waals surface area (Å²) >= 11 is 0. The molecule has 0 aliphatic carbocycles. The first-order chi connectivity index (χ1) is 6.68. The van der Waals surface area contributed by atoms with Crippen molar-refractivity contribution in [3.05, 3.63) is 50.8 Å². The summed E-state index contributed by atoms with van der Waals surface area (Å²) < 4.78 is 0. The normalized spacial score (nSPS) is 10.3. The van der Waals surface area contributed by atoms with Gasteiger partial charge in [0.1, 0.15) is 0 Å². The molecule has 5 heteroatoms. The van der Waals surface area contributed by atoms with E-state index < -0.39 is 10.5 Å². The summed E-state index contributed by atoms with van der Waals surface area (Å²) in [7, 11) is 0. The Labute approximate surface area is 78.1 Å². The van der Waals surface area contributed by atoms with Crippen LogP contribution in [0, 0.1) is 10.1 Å². The molecular weight excluding hydrogens is 184 g/mol. The van der Waals surface area contributed by atoms with Crippen LogP contribution in [-0.4, -0.2) is 9.91 Å². The minimum absolute atomic E-state index is 0.284. The molecule has 0 radical (unpaired) electrons. The zero-order chi connectivity index (χ0) is 10.1. The van der Waals surface area contributed by atoms with Gasteiger partial charge in [-0.1, -0.05) is 18.2 Å². The van der Waals surface area contributed by atoms with Crippen LogP contribution >= 0.6 is 0 Å². The van der Waals surface area contributed by atoms with E-state index in [1.165, 1.54) is 6.07 Å². The van der Waals surface area contributed by atoms with Crippen LogP contribution in [0.15, 0.2) is 35.1 Å². The van der Waals surface area contributed by atoms with E-state index in [9.17, 15) is 14.9 Å². The van der Waals surface area contributed by atoms with Gasteiger partial charge in [0, 0.05) is 6.07 Å². The van der Waals surface area contributed by atoms with Crippen LogP contribution < -0.4 is 5.56 Å². The van der Waals surface area contributed by atoms with E-state index in [4.69, 9.17) is 0 Å². The zero-order valence-electron chi connectivity index (χ0n) is 7.06. The quantitative estimate of drug-likeness (QED) is 0.546. The number of hydrogen-bond acceptors (Lipinski definition) is 3. The van der Waals surface area contributed by atoms with Crippen molar-refractivity contribution in [3.63, 3.8) is 0 Å². The third-order valence-corrected chi connectivity index (χ3v) is 1.94. The van der Waals surface area contributed by atoms with E-state index in [2.05, 4.69) is 4.98 Å². The van der Waals surface area contributed by atoms with Gasteiger partial charge in [-0.05, 0) is 16.4 Å². The molecule has 0 amide bonds. The van der Waals surface area contributed by atoms with Crippen LogP contribution in [0.25, 0.3) is 10.8 Å². The maximum atomic E-state index is 11.3. The van der Waals surface area contributed by atoms with E-state index in [0.717, 1.165) is 0 Å². The number of hydrogen-bond donors (Lipinski definition) is 1. The number of nitrogens with zero attached hydrogens (tertiary/aromatic N) is 1. The van der Waals surface area contributed by atoms with Gasteiger partial charge in [0.05, 0.1) is 5.39 Å². The molecule has 0 saturated carbocycles. The third kappa shape index (κ3) is 1.24.